The fourth-order valence-corrected chi connectivity index (χ4v) is 3.98. The second kappa shape index (κ2) is 7.04. The van der Waals surface area contributed by atoms with E-state index in [1.54, 1.807) is 19.9 Å². The van der Waals surface area contributed by atoms with Gasteiger partial charge in [-0.2, -0.15) is 0 Å². The van der Waals surface area contributed by atoms with E-state index in [1.807, 2.05) is 6.92 Å². The summed E-state index contributed by atoms with van der Waals surface area (Å²) in [6.45, 7) is 8.86. The highest BCUT2D eigenvalue weighted by molar-refractivity contribution is 5.93. The predicted molar refractivity (Wildman–Crippen MR) is 99.9 cm³/mol. The lowest BCUT2D eigenvalue weighted by molar-refractivity contribution is -0.165. The highest BCUT2D eigenvalue weighted by Gasteiger charge is 2.59. The number of aliphatic hydroxyl groups excluding tert-OH is 1. The van der Waals surface area contributed by atoms with Crippen LogP contribution in [0.15, 0.2) is 35.5 Å². The zero-order valence-corrected chi connectivity index (χ0v) is 17.1. The van der Waals surface area contributed by atoms with Crippen molar-refractivity contribution in [3.63, 3.8) is 0 Å². The number of fused-ring (bicyclic) bond motifs is 2. The van der Waals surface area contributed by atoms with Crippen molar-refractivity contribution in [2.75, 3.05) is 7.11 Å². The Kier molecular flexibility index (Phi) is 4.87. The molecule has 162 valence electrons. The normalized spacial score (nSPS) is 45.6. The van der Waals surface area contributed by atoms with E-state index in [1.165, 1.54) is 13.2 Å². The van der Waals surface area contributed by atoms with E-state index in [4.69, 9.17) is 23.7 Å². The van der Waals surface area contributed by atoms with Gasteiger partial charge in [-0.3, -0.25) is 0 Å². The molecule has 0 amide bonds. The Hall–Kier alpha value is -2.49. The van der Waals surface area contributed by atoms with Crippen molar-refractivity contribution in [1.29, 1.82) is 0 Å². The number of aliphatic hydroxyl groups is 1. The zero-order chi connectivity index (χ0) is 22.0. The van der Waals surface area contributed by atoms with Crippen LogP contribution in [0.4, 0.5) is 0 Å². The molecule has 0 aromatic heterocycles. The fourth-order valence-electron chi connectivity index (χ4n) is 3.98. The minimum absolute atomic E-state index is 0.0360. The Morgan fingerprint density at radius 3 is 2.53 bits per heavy atom. The average molecular weight is 420 g/mol. The molecule has 3 saturated heterocycles. The van der Waals surface area contributed by atoms with Gasteiger partial charge in [-0.05, 0) is 38.5 Å². The van der Waals surface area contributed by atoms with Gasteiger partial charge in [0, 0.05) is 5.57 Å². The number of ether oxygens (including phenoxy) is 5. The first-order valence-corrected chi connectivity index (χ1v) is 9.69. The van der Waals surface area contributed by atoms with E-state index in [0.717, 1.165) is 5.57 Å². The van der Waals surface area contributed by atoms with Gasteiger partial charge in [0.25, 0.3) is 0 Å². The van der Waals surface area contributed by atoms with Gasteiger partial charge in [0.15, 0.2) is 5.60 Å². The summed E-state index contributed by atoms with van der Waals surface area (Å²) in [6, 6.07) is 0. The largest absolute Gasteiger partial charge is 0.466 e. The van der Waals surface area contributed by atoms with E-state index in [9.17, 15) is 19.5 Å². The van der Waals surface area contributed by atoms with Crippen LogP contribution in [0.25, 0.3) is 0 Å². The Bertz CT molecular complexity index is 887. The molecule has 3 fully saturated rings. The molecule has 3 heterocycles. The Morgan fingerprint density at radius 1 is 1.27 bits per heavy atom. The molecule has 1 aliphatic carbocycles. The van der Waals surface area contributed by atoms with Crippen molar-refractivity contribution in [1.82, 2.24) is 0 Å². The lowest BCUT2D eigenvalue weighted by atomic mass is 9.83. The minimum atomic E-state index is -1.60. The molecule has 0 aromatic rings. The van der Waals surface area contributed by atoms with Crippen molar-refractivity contribution in [3.05, 3.63) is 35.5 Å². The van der Waals surface area contributed by atoms with E-state index in [2.05, 4.69) is 6.58 Å². The number of rotatable bonds is 3. The smallest absolute Gasteiger partial charge is 0.341 e. The summed E-state index contributed by atoms with van der Waals surface area (Å²) in [7, 11) is 1.18. The molecule has 0 spiro atoms. The molecule has 9 nitrogen and oxygen atoms in total. The maximum Gasteiger partial charge on any atom is 0.341 e. The molecule has 8 atom stereocenters. The van der Waals surface area contributed by atoms with Gasteiger partial charge in [0.1, 0.15) is 30.5 Å². The second-order valence-electron chi connectivity index (χ2n) is 8.15. The molecule has 0 aromatic carbocycles. The third-order valence-electron chi connectivity index (χ3n) is 6.20. The summed E-state index contributed by atoms with van der Waals surface area (Å²) in [5.41, 5.74) is -0.473. The predicted octanol–water partition coefficient (Wildman–Crippen LogP) is 0.361. The molecule has 0 saturated carbocycles. The summed E-state index contributed by atoms with van der Waals surface area (Å²) in [6.07, 6.45) is -1.75. The summed E-state index contributed by atoms with van der Waals surface area (Å²) >= 11 is 0. The molecule has 1 N–H and O–H groups in total. The van der Waals surface area contributed by atoms with Gasteiger partial charge in [0.05, 0.1) is 24.7 Å². The lowest BCUT2D eigenvalue weighted by Gasteiger charge is -2.31. The number of carbonyl (C=O) groups excluding carboxylic acids is 3. The monoisotopic (exact) mass is 420 g/mol. The van der Waals surface area contributed by atoms with E-state index in [-0.39, 0.29) is 23.4 Å². The molecule has 0 unspecified atom stereocenters. The molecular formula is C21H24O9. The topological polar surface area (TPSA) is 124 Å². The van der Waals surface area contributed by atoms with Crippen LogP contribution < -0.4 is 0 Å². The molecule has 3 aliphatic heterocycles. The SMILES string of the molecule is C=C1C(=O)O[C@@H]2/C=C(\C)[C@@H]3O[C@@H]3/C=C(/C(=O)OC)[C@H](O)[C@@H](OC(=O)[C@@]3(C)O[C@@H]3C)[C@H]12. The molecule has 0 radical (unpaired) electrons. The van der Waals surface area contributed by atoms with Gasteiger partial charge in [-0.25, -0.2) is 14.4 Å². The third-order valence-corrected chi connectivity index (χ3v) is 6.20. The molecule has 30 heavy (non-hydrogen) atoms. The maximum atomic E-state index is 12.8. The number of hydrogen-bond donors (Lipinski definition) is 1. The van der Waals surface area contributed by atoms with E-state index < -0.39 is 53.8 Å². The molecule has 4 aliphatic rings. The first-order valence-electron chi connectivity index (χ1n) is 9.69. The van der Waals surface area contributed by atoms with E-state index in [0.29, 0.717) is 0 Å². The Balaban J connectivity index is 1.77. The number of methoxy groups -OCH3 is 1. The highest BCUT2D eigenvalue weighted by Crippen LogP contribution is 2.42. The summed E-state index contributed by atoms with van der Waals surface area (Å²) in [5.74, 6) is -3.09. The van der Waals surface area contributed by atoms with Gasteiger partial charge < -0.3 is 28.8 Å². The molecular weight excluding hydrogens is 396 g/mol. The van der Waals surface area contributed by atoms with Crippen LogP contribution in [0.2, 0.25) is 0 Å². The average Bonchev–Trinajstić information content (AvgIpc) is 3.58. The number of esters is 3. The quantitative estimate of drug-likeness (QED) is 0.227. The standard InChI is InChI=1S/C21H24O9/c1-8-6-12-14(9(2)18(23)28-12)17(29-20(25)21(4)10(3)30-21)15(22)11(19(24)26-5)7-13-16(8)27-13/h6-7,10,12-17,22H,2H2,1,3-5H3/b8-6+,11-7+/t10-,12-,13-,14-,15+,16+,17+,21+/m1/s1. The Labute approximate surface area is 173 Å². The van der Waals surface area contributed by atoms with Gasteiger partial charge in [-0.1, -0.05) is 6.58 Å². The first-order chi connectivity index (χ1) is 14.1. The maximum absolute atomic E-state index is 12.8. The molecule has 0 bridgehead atoms. The minimum Gasteiger partial charge on any atom is -0.466 e. The van der Waals surface area contributed by atoms with Crippen LogP contribution in [0.1, 0.15) is 20.8 Å². The zero-order valence-electron chi connectivity index (χ0n) is 17.1. The van der Waals surface area contributed by atoms with E-state index >= 15 is 0 Å². The van der Waals surface area contributed by atoms with Crippen LogP contribution in [0.5, 0.6) is 0 Å². The number of epoxide rings is 2. The van der Waals surface area contributed by atoms with Gasteiger partial charge in [0.2, 0.25) is 0 Å². The van der Waals surface area contributed by atoms with Crippen molar-refractivity contribution < 1.29 is 43.2 Å². The van der Waals surface area contributed by atoms with Crippen molar-refractivity contribution >= 4 is 17.9 Å². The van der Waals surface area contributed by atoms with Crippen LogP contribution in [-0.2, 0) is 38.1 Å². The first kappa shape index (κ1) is 20.8. The lowest BCUT2D eigenvalue weighted by Crippen LogP contribution is -2.46. The summed E-state index contributed by atoms with van der Waals surface area (Å²) < 4.78 is 26.8. The molecule has 9 heteroatoms. The van der Waals surface area contributed by atoms with Gasteiger partial charge in [-0.15, -0.1) is 0 Å². The summed E-state index contributed by atoms with van der Waals surface area (Å²) in [4.78, 5) is 37.5. The fraction of sp³-hybridized carbons (Fsp3) is 0.571. The van der Waals surface area contributed by atoms with Gasteiger partial charge >= 0.3 is 17.9 Å². The number of carbonyl (C=O) groups is 3. The second-order valence-corrected chi connectivity index (χ2v) is 8.15. The third kappa shape index (κ3) is 3.27. The van der Waals surface area contributed by atoms with Crippen molar-refractivity contribution in [3.8, 4) is 0 Å². The number of hydrogen-bond acceptors (Lipinski definition) is 9. The van der Waals surface area contributed by atoms with Crippen LogP contribution in [-0.4, -0.2) is 72.3 Å². The van der Waals surface area contributed by atoms with Crippen LogP contribution in [0, 0.1) is 5.92 Å². The Morgan fingerprint density at radius 2 is 1.93 bits per heavy atom. The van der Waals surface area contributed by atoms with Crippen LogP contribution in [0.3, 0.4) is 0 Å². The van der Waals surface area contributed by atoms with Crippen molar-refractivity contribution in [2.45, 2.75) is 63.0 Å². The summed E-state index contributed by atoms with van der Waals surface area (Å²) in [5, 5.41) is 11.1. The highest BCUT2D eigenvalue weighted by atomic mass is 16.7. The van der Waals surface area contributed by atoms with Crippen LogP contribution >= 0.6 is 0 Å². The molecule has 4 rings (SSSR count). The van der Waals surface area contributed by atoms with Crippen molar-refractivity contribution in [2.24, 2.45) is 5.92 Å².